The number of anilines is 2. The van der Waals surface area contributed by atoms with Gasteiger partial charge in [-0.2, -0.15) is 5.10 Å². The van der Waals surface area contributed by atoms with Gasteiger partial charge >= 0.3 is 0 Å². The number of rotatable bonds is 4. The number of hydrogen-bond acceptors (Lipinski definition) is 3. The number of aromatic amines is 1. The monoisotopic (exact) mass is 324 g/mol. The number of amides is 1. The van der Waals surface area contributed by atoms with Gasteiger partial charge in [0.1, 0.15) is 0 Å². The van der Waals surface area contributed by atoms with Gasteiger partial charge in [0.05, 0.1) is 0 Å². The van der Waals surface area contributed by atoms with Crippen molar-refractivity contribution in [3.63, 3.8) is 0 Å². The van der Waals surface area contributed by atoms with Crippen molar-refractivity contribution in [2.45, 2.75) is 38.5 Å². The van der Waals surface area contributed by atoms with Crippen LogP contribution in [0.25, 0.3) is 0 Å². The Balaban J connectivity index is 1.38. The van der Waals surface area contributed by atoms with Gasteiger partial charge in [0.15, 0.2) is 5.69 Å². The molecule has 1 saturated heterocycles. The molecule has 1 saturated carbocycles. The molecule has 1 aliphatic heterocycles. The average molecular weight is 324 g/mol. The van der Waals surface area contributed by atoms with Crippen LogP contribution in [0.2, 0.25) is 0 Å². The summed E-state index contributed by atoms with van der Waals surface area (Å²) >= 11 is 0. The number of nitrogens with zero attached hydrogens (tertiary/aromatic N) is 2. The molecule has 0 bridgehead atoms. The topological polar surface area (TPSA) is 61.0 Å². The molecule has 24 heavy (non-hydrogen) atoms. The Hall–Kier alpha value is -2.30. The van der Waals surface area contributed by atoms with E-state index in [1.807, 2.05) is 18.2 Å². The van der Waals surface area contributed by atoms with Gasteiger partial charge in [0.25, 0.3) is 5.91 Å². The molecule has 1 aliphatic carbocycles. The summed E-state index contributed by atoms with van der Waals surface area (Å²) in [4.78, 5) is 14.7. The first kappa shape index (κ1) is 15.2. The summed E-state index contributed by atoms with van der Waals surface area (Å²) in [5, 5.41) is 10.0. The number of carbonyl (C=O) groups is 1. The van der Waals surface area contributed by atoms with Gasteiger partial charge in [0.2, 0.25) is 0 Å². The maximum absolute atomic E-state index is 12.3. The van der Waals surface area contributed by atoms with Crippen LogP contribution in [0, 0.1) is 5.92 Å². The molecule has 1 aromatic heterocycles. The first-order chi connectivity index (χ1) is 11.7. The zero-order valence-electron chi connectivity index (χ0n) is 14.1. The maximum Gasteiger partial charge on any atom is 0.276 e. The third kappa shape index (κ3) is 3.30. The highest BCUT2D eigenvalue weighted by atomic mass is 16.1. The van der Waals surface area contributed by atoms with Crippen molar-refractivity contribution in [3.8, 4) is 0 Å². The van der Waals surface area contributed by atoms with Gasteiger partial charge in [-0.25, -0.2) is 0 Å². The molecule has 5 heteroatoms. The van der Waals surface area contributed by atoms with E-state index in [0.29, 0.717) is 11.6 Å². The number of aromatic nitrogens is 2. The van der Waals surface area contributed by atoms with Gasteiger partial charge in [-0.05, 0) is 61.9 Å². The summed E-state index contributed by atoms with van der Waals surface area (Å²) in [5.74, 6) is 1.25. The number of benzene rings is 1. The van der Waals surface area contributed by atoms with E-state index < -0.39 is 0 Å². The predicted octanol–water partition coefficient (Wildman–Crippen LogP) is 3.78. The van der Waals surface area contributed by atoms with E-state index in [1.165, 1.54) is 31.4 Å². The van der Waals surface area contributed by atoms with Crippen molar-refractivity contribution in [3.05, 3.63) is 41.7 Å². The van der Waals surface area contributed by atoms with Crippen molar-refractivity contribution in [2.75, 3.05) is 23.3 Å². The Morgan fingerprint density at radius 3 is 2.54 bits per heavy atom. The van der Waals surface area contributed by atoms with E-state index in [1.54, 1.807) is 0 Å². The highest BCUT2D eigenvalue weighted by Gasteiger charge is 2.26. The standard InChI is InChI=1S/C19H24N4O/c1-13-8-10-23(11-9-13)16-6-4-15(5-7-16)20-19(24)18-12-17(21-22-18)14-2-3-14/h4-7,12-14H,2-3,8-11H2,1H3,(H,20,24)(H,21,22). The molecule has 5 nitrogen and oxygen atoms in total. The second kappa shape index (κ2) is 6.30. The molecule has 0 unspecified atom stereocenters. The number of piperidine rings is 1. The van der Waals surface area contributed by atoms with E-state index in [0.717, 1.165) is 30.4 Å². The molecule has 0 spiro atoms. The van der Waals surface area contributed by atoms with E-state index in [9.17, 15) is 4.79 Å². The lowest BCUT2D eigenvalue weighted by Gasteiger charge is -2.32. The first-order valence-electron chi connectivity index (χ1n) is 8.91. The molecule has 2 aromatic rings. The average Bonchev–Trinajstić information content (AvgIpc) is 3.33. The molecule has 2 aliphatic rings. The summed E-state index contributed by atoms with van der Waals surface area (Å²) in [6.45, 7) is 4.55. The largest absolute Gasteiger partial charge is 0.372 e. The second-order valence-corrected chi connectivity index (χ2v) is 7.15. The Bertz CT molecular complexity index is 709. The van der Waals surface area contributed by atoms with Gasteiger partial charge < -0.3 is 10.2 Å². The van der Waals surface area contributed by atoms with E-state index >= 15 is 0 Å². The minimum atomic E-state index is -0.155. The number of nitrogens with one attached hydrogen (secondary N) is 2. The second-order valence-electron chi connectivity index (χ2n) is 7.15. The minimum absolute atomic E-state index is 0.155. The van der Waals surface area contributed by atoms with Gasteiger partial charge in [-0.15, -0.1) is 0 Å². The van der Waals surface area contributed by atoms with E-state index in [-0.39, 0.29) is 5.91 Å². The van der Waals surface area contributed by atoms with Crippen molar-refractivity contribution in [2.24, 2.45) is 5.92 Å². The third-order valence-corrected chi connectivity index (χ3v) is 5.12. The minimum Gasteiger partial charge on any atom is -0.372 e. The van der Waals surface area contributed by atoms with Gasteiger partial charge in [-0.3, -0.25) is 9.89 Å². The fourth-order valence-electron chi connectivity index (χ4n) is 3.27. The van der Waals surface area contributed by atoms with Crippen molar-refractivity contribution in [1.82, 2.24) is 10.2 Å². The van der Waals surface area contributed by atoms with Crippen LogP contribution in [0.4, 0.5) is 11.4 Å². The van der Waals surface area contributed by atoms with Crippen LogP contribution in [0.1, 0.15) is 54.7 Å². The zero-order chi connectivity index (χ0) is 16.5. The Morgan fingerprint density at radius 1 is 1.17 bits per heavy atom. The fourth-order valence-corrected chi connectivity index (χ4v) is 3.27. The zero-order valence-corrected chi connectivity index (χ0v) is 14.1. The highest BCUT2D eigenvalue weighted by molar-refractivity contribution is 6.03. The van der Waals surface area contributed by atoms with Crippen LogP contribution in [-0.2, 0) is 0 Å². The quantitative estimate of drug-likeness (QED) is 0.900. The lowest BCUT2D eigenvalue weighted by Crippen LogP contribution is -2.32. The predicted molar refractivity (Wildman–Crippen MR) is 95.6 cm³/mol. The molecule has 2 N–H and O–H groups in total. The summed E-state index contributed by atoms with van der Waals surface area (Å²) in [7, 11) is 0. The first-order valence-corrected chi connectivity index (χ1v) is 8.91. The lowest BCUT2D eigenvalue weighted by atomic mass is 9.99. The van der Waals surface area contributed by atoms with Gasteiger partial charge in [-0.1, -0.05) is 6.92 Å². The van der Waals surface area contributed by atoms with Crippen LogP contribution in [0.5, 0.6) is 0 Å². The number of hydrogen-bond donors (Lipinski definition) is 2. The lowest BCUT2D eigenvalue weighted by molar-refractivity contribution is 0.102. The molecule has 2 fully saturated rings. The summed E-state index contributed by atoms with van der Waals surface area (Å²) < 4.78 is 0. The normalized spacial score (nSPS) is 18.6. The number of H-pyrrole nitrogens is 1. The smallest absolute Gasteiger partial charge is 0.276 e. The summed E-state index contributed by atoms with van der Waals surface area (Å²) in [6.07, 6.45) is 4.89. The van der Waals surface area contributed by atoms with E-state index in [2.05, 4.69) is 39.5 Å². The van der Waals surface area contributed by atoms with Gasteiger partial charge in [0, 0.05) is 36.1 Å². The molecule has 2 heterocycles. The molecule has 1 aromatic carbocycles. The summed E-state index contributed by atoms with van der Waals surface area (Å²) in [5.41, 5.74) is 3.58. The summed E-state index contributed by atoms with van der Waals surface area (Å²) in [6, 6.07) is 9.99. The Kier molecular flexibility index (Phi) is 4.00. The molecular weight excluding hydrogens is 300 g/mol. The molecule has 1 amide bonds. The maximum atomic E-state index is 12.3. The van der Waals surface area contributed by atoms with Crippen LogP contribution in [-0.4, -0.2) is 29.2 Å². The highest BCUT2D eigenvalue weighted by Crippen LogP contribution is 2.39. The number of carbonyl (C=O) groups excluding carboxylic acids is 1. The van der Waals surface area contributed by atoms with E-state index in [4.69, 9.17) is 0 Å². The molecule has 0 atom stereocenters. The Labute approximate surface area is 142 Å². The fraction of sp³-hybridized carbons (Fsp3) is 0.474. The van der Waals surface area contributed by atoms with Crippen molar-refractivity contribution in [1.29, 1.82) is 0 Å². The van der Waals surface area contributed by atoms with Crippen LogP contribution >= 0.6 is 0 Å². The molecule has 126 valence electrons. The van der Waals surface area contributed by atoms with Crippen molar-refractivity contribution < 1.29 is 4.79 Å². The van der Waals surface area contributed by atoms with Crippen LogP contribution in [0.15, 0.2) is 30.3 Å². The van der Waals surface area contributed by atoms with Crippen LogP contribution in [0.3, 0.4) is 0 Å². The van der Waals surface area contributed by atoms with Crippen molar-refractivity contribution >= 4 is 17.3 Å². The molecular formula is C19H24N4O. The van der Waals surface area contributed by atoms with Crippen LogP contribution < -0.4 is 10.2 Å². The third-order valence-electron chi connectivity index (χ3n) is 5.12. The molecule has 0 radical (unpaired) electrons. The SMILES string of the molecule is CC1CCN(c2ccc(NC(=O)c3cc(C4CC4)[nH]n3)cc2)CC1. The molecule has 4 rings (SSSR count). The Morgan fingerprint density at radius 2 is 1.88 bits per heavy atom.